The summed E-state index contributed by atoms with van der Waals surface area (Å²) in [5.41, 5.74) is 9.31. The predicted octanol–water partition coefficient (Wildman–Crippen LogP) is 3.53. The fraction of sp³-hybridized carbons (Fsp3) is 0.0952. The Bertz CT molecular complexity index is 975. The molecular weight excluding hydrogens is 345 g/mol. The molecule has 1 aliphatic rings. The smallest absolute Gasteiger partial charge is 0.251 e. The quantitative estimate of drug-likeness (QED) is 0.744. The minimum Gasteiger partial charge on any atom is -0.377 e. The van der Waals surface area contributed by atoms with Crippen LogP contribution < -0.4 is 21.0 Å². The maximum atomic E-state index is 13.0. The molecule has 0 aromatic heterocycles. The van der Waals surface area contributed by atoms with Gasteiger partial charge in [-0.1, -0.05) is 30.3 Å². The summed E-state index contributed by atoms with van der Waals surface area (Å²) in [6, 6.07) is 20.7. The van der Waals surface area contributed by atoms with Gasteiger partial charge < -0.3 is 15.9 Å². The second-order valence-electron chi connectivity index (χ2n) is 6.26. The number of amides is 1. The summed E-state index contributed by atoms with van der Waals surface area (Å²) in [6.07, 6.45) is -0.398. The van der Waals surface area contributed by atoms with Gasteiger partial charge in [0.2, 0.25) is 0 Å². The number of nitrogens with one attached hydrogen (secondary N) is 1. The SMILES string of the molecule is NC1c2ccccc2ON1c1cccc(CNC(=O)c2ccc(F)cc2)c1. The third kappa shape index (κ3) is 3.47. The molecule has 1 atom stereocenters. The molecule has 1 heterocycles. The molecule has 3 N–H and O–H groups in total. The van der Waals surface area contributed by atoms with E-state index in [1.807, 2.05) is 48.5 Å². The van der Waals surface area contributed by atoms with Gasteiger partial charge in [0.15, 0.2) is 5.75 Å². The van der Waals surface area contributed by atoms with Crippen LogP contribution in [-0.4, -0.2) is 5.91 Å². The zero-order chi connectivity index (χ0) is 18.8. The lowest BCUT2D eigenvalue weighted by molar-refractivity contribution is 0.0951. The van der Waals surface area contributed by atoms with E-state index in [0.29, 0.717) is 12.1 Å². The standard InChI is InChI=1S/C21H18FN3O2/c22-16-10-8-15(9-11-16)21(26)24-13-14-4-3-5-17(12-14)25-20(23)18-6-1-2-7-19(18)27-25/h1-12,20H,13,23H2,(H,24,26). The molecule has 6 heteroatoms. The molecule has 136 valence electrons. The van der Waals surface area contributed by atoms with E-state index in [0.717, 1.165) is 22.6 Å². The summed E-state index contributed by atoms with van der Waals surface area (Å²) < 4.78 is 13.0. The summed E-state index contributed by atoms with van der Waals surface area (Å²) in [5.74, 6) is 0.101. The highest BCUT2D eigenvalue weighted by molar-refractivity contribution is 5.94. The predicted molar refractivity (Wildman–Crippen MR) is 100 cm³/mol. The average molecular weight is 363 g/mol. The minimum atomic E-state index is -0.398. The van der Waals surface area contributed by atoms with Crippen LogP contribution in [0.3, 0.4) is 0 Å². The van der Waals surface area contributed by atoms with Crippen LogP contribution in [0.5, 0.6) is 5.75 Å². The number of hydrogen-bond donors (Lipinski definition) is 2. The lowest BCUT2D eigenvalue weighted by atomic mass is 10.1. The van der Waals surface area contributed by atoms with E-state index in [4.69, 9.17) is 10.6 Å². The number of halogens is 1. The molecule has 1 aliphatic heterocycles. The van der Waals surface area contributed by atoms with Crippen molar-refractivity contribution in [3.8, 4) is 5.75 Å². The van der Waals surface area contributed by atoms with Gasteiger partial charge in [-0.2, -0.15) is 5.06 Å². The number of nitrogens with zero attached hydrogens (tertiary/aromatic N) is 1. The molecule has 0 bridgehead atoms. The molecular formula is C21H18FN3O2. The van der Waals surface area contributed by atoms with Crippen molar-refractivity contribution in [2.75, 3.05) is 5.06 Å². The lowest BCUT2D eigenvalue weighted by Gasteiger charge is -2.22. The van der Waals surface area contributed by atoms with Crippen LogP contribution in [0.1, 0.15) is 27.7 Å². The molecule has 4 rings (SSSR count). The van der Waals surface area contributed by atoms with Crippen LogP contribution in [-0.2, 0) is 6.54 Å². The second-order valence-corrected chi connectivity index (χ2v) is 6.26. The third-order valence-corrected chi connectivity index (χ3v) is 4.41. The van der Waals surface area contributed by atoms with Gasteiger partial charge in [0.25, 0.3) is 5.91 Å². The second kappa shape index (κ2) is 7.09. The zero-order valence-electron chi connectivity index (χ0n) is 14.4. The van der Waals surface area contributed by atoms with Crippen LogP contribution in [0.4, 0.5) is 10.1 Å². The number of nitrogens with two attached hydrogens (primary N) is 1. The van der Waals surface area contributed by atoms with Crippen molar-refractivity contribution in [2.24, 2.45) is 5.73 Å². The Labute approximate surface area is 156 Å². The maximum absolute atomic E-state index is 13.0. The highest BCUT2D eigenvalue weighted by Gasteiger charge is 2.29. The largest absolute Gasteiger partial charge is 0.377 e. The number of rotatable bonds is 4. The van der Waals surface area contributed by atoms with Crippen molar-refractivity contribution in [3.63, 3.8) is 0 Å². The number of hydrogen-bond acceptors (Lipinski definition) is 4. The Balaban J connectivity index is 1.46. The van der Waals surface area contributed by atoms with Gasteiger partial charge in [-0.3, -0.25) is 4.79 Å². The van der Waals surface area contributed by atoms with E-state index in [2.05, 4.69) is 5.32 Å². The van der Waals surface area contributed by atoms with E-state index in [9.17, 15) is 9.18 Å². The van der Waals surface area contributed by atoms with Crippen LogP contribution in [0.25, 0.3) is 0 Å². The number of hydroxylamine groups is 1. The summed E-state index contributed by atoms with van der Waals surface area (Å²) in [4.78, 5) is 18.0. The molecule has 0 fully saturated rings. The van der Waals surface area contributed by atoms with Gasteiger partial charge in [0.1, 0.15) is 12.0 Å². The maximum Gasteiger partial charge on any atom is 0.251 e. The van der Waals surface area contributed by atoms with Crippen molar-refractivity contribution < 1.29 is 14.0 Å². The first-order valence-electron chi connectivity index (χ1n) is 8.56. The van der Waals surface area contributed by atoms with Crippen LogP contribution >= 0.6 is 0 Å². The molecule has 5 nitrogen and oxygen atoms in total. The van der Waals surface area contributed by atoms with E-state index in [-0.39, 0.29) is 11.7 Å². The first-order chi connectivity index (χ1) is 13.1. The van der Waals surface area contributed by atoms with Gasteiger partial charge in [-0.05, 0) is 48.0 Å². The molecule has 27 heavy (non-hydrogen) atoms. The molecule has 0 radical (unpaired) electrons. The van der Waals surface area contributed by atoms with E-state index in [1.165, 1.54) is 24.3 Å². The Morgan fingerprint density at radius 1 is 1.07 bits per heavy atom. The number of anilines is 1. The number of para-hydroxylation sites is 1. The Morgan fingerprint density at radius 3 is 2.63 bits per heavy atom. The fourth-order valence-corrected chi connectivity index (χ4v) is 3.00. The molecule has 3 aromatic carbocycles. The zero-order valence-corrected chi connectivity index (χ0v) is 14.4. The number of carbonyl (C=O) groups excluding carboxylic acids is 1. The van der Waals surface area contributed by atoms with Crippen molar-refractivity contribution in [1.82, 2.24) is 5.32 Å². The van der Waals surface area contributed by atoms with Gasteiger partial charge in [-0.25, -0.2) is 4.39 Å². The summed E-state index contributed by atoms with van der Waals surface area (Å²) in [6.45, 7) is 0.333. The number of benzene rings is 3. The van der Waals surface area contributed by atoms with Crippen LogP contribution in [0.2, 0.25) is 0 Å². The topological polar surface area (TPSA) is 67.6 Å². The lowest BCUT2D eigenvalue weighted by Crippen LogP contribution is -2.31. The van der Waals surface area contributed by atoms with Gasteiger partial charge in [-0.15, -0.1) is 0 Å². The molecule has 1 amide bonds. The average Bonchev–Trinajstić information content (AvgIpc) is 3.04. The first kappa shape index (κ1) is 17.1. The molecule has 3 aromatic rings. The van der Waals surface area contributed by atoms with Crippen LogP contribution in [0.15, 0.2) is 72.8 Å². The summed E-state index contributed by atoms with van der Waals surface area (Å²) in [7, 11) is 0. The van der Waals surface area contributed by atoms with Gasteiger partial charge in [0, 0.05) is 17.7 Å². The molecule has 0 spiro atoms. The number of fused-ring (bicyclic) bond motifs is 1. The van der Waals surface area contributed by atoms with Crippen molar-refractivity contribution >= 4 is 11.6 Å². The Hall–Kier alpha value is -3.38. The van der Waals surface area contributed by atoms with Gasteiger partial charge in [0.05, 0.1) is 5.69 Å². The molecule has 0 saturated heterocycles. The number of carbonyl (C=O) groups is 1. The van der Waals surface area contributed by atoms with Crippen molar-refractivity contribution in [3.05, 3.63) is 95.3 Å². The van der Waals surface area contributed by atoms with E-state index >= 15 is 0 Å². The highest BCUT2D eigenvalue weighted by Crippen LogP contribution is 2.37. The monoisotopic (exact) mass is 363 g/mol. The normalized spacial score (nSPS) is 15.2. The minimum absolute atomic E-state index is 0.262. The fourth-order valence-electron chi connectivity index (χ4n) is 3.00. The van der Waals surface area contributed by atoms with Crippen molar-refractivity contribution in [1.29, 1.82) is 0 Å². The van der Waals surface area contributed by atoms with E-state index < -0.39 is 6.17 Å². The Morgan fingerprint density at radius 2 is 1.85 bits per heavy atom. The summed E-state index contributed by atoms with van der Waals surface area (Å²) in [5, 5.41) is 4.48. The highest BCUT2D eigenvalue weighted by atomic mass is 19.1. The van der Waals surface area contributed by atoms with Gasteiger partial charge >= 0.3 is 0 Å². The molecule has 0 aliphatic carbocycles. The Kier molecular flexibility index (Phi) is 4.48. The molecule has 0 saturated carbocycles. The first-order valence-corrected chi connectivity index (χ1v) is 8.56. The van der Waals surface area contributed by atoms with E-state index in [1.54, 1.807) is 5.06 Å². The molecule has 1 unspecified atom stereocenters. The summed E-state index contributed by atoms with van der Waals surface area (Å²) >= 11 is 0. The van der Waals surface area contributed by atoms with Crippen LogP contribution in [0, 0.1) is 5.82 Å². The third-order valence-electron chi connectivity index (χ3n) is 4.41. The van der Waals surface area contributed by atoms with Crippen molar-refractivity contribution in [2.45, 2.75) is 12.7 Å².